The predicted octanol–water partition coefficient (Wildman–Crippen LogP) is 3.01. The van der Waals surface area contributed by atoms with Crippen molar-refractivity contribution in [2.45, 2.75) is 11.8 Å². The van der Waals surface area contributed by atoms with Crippen LogP contribution < -0.4 is 9.46 Å². The van der Waals surface area contributed by atoms with Crippen LogP contribution in [0.4, 0.5) is 0 Å². The van der Waals surface area contributed by atoms with E-state index in [2.05, 4.69) is 4.72 Å². The van der Waals surface area contributed by atoms with Gasteiger partial charge in [-0.3, -0.25) is 0 Å². The molecule has 21 heavy (non-hydrogen) atoms. The average molecular weight is 326 g/mol. The molecule has 112 valence electrons. The third kappa shape index (κ3) is 4.74. The minimum atomic E-state index is -3.56. The summed E-state index contributed by atoms with van der Waals surface area (Å²) in [6.07, 6.45) is 0. The summed E-state index contributed by atoms with van der Waals surface area (Å²) < 4.78 is 32.0. The van der Waals surface area contributed by atoms with E-state index in [9.17, 15) is 8.42 Å². The van der Waals surface area contributed by atoms with E-state index < -0.39 is 10.0 Å². The molecule has 2 aromatic carbocycles. The summed E-state index contributed by atoms with van der Waals surface area (Å²) >= 11 is 5.79. The van der Waals surface area contributed by atoms with E-state index >= 15 is 0 Å². The van der Waals surface area contributed by atoms with Gasteiger partial charge in [0.1, 0.15) is 12.4 Å². The van der Waals surface area contributed by atoms with Crippen molar-refractivity contribution in [3.8, 4) is 5.75 Å². The lowest BCUT2D eigenvalue weighted by molar-refractivity contribution is 0.323. The summed E-state index contributed by atoms with van der Waals surface area (Å²) in [4.78, 5) is 0.144. The van der Waals surface area contributed by atoms with Crippen LogP contribution in [-0.2, 0) is 10.0 Å². The van der Waals surface area contributed by atoms with Gasteiger partial charge in [-0.15, -0.1) is 0 Å². The number of hydrogen-bond acceptors (Lipinski definition) is 3. The molecule has 0 aliphatic heterocycles. The molecule has 0 amide bonds. The van der Waals surface area contributed by atoms with Crippen molar-refractivity contribution in [1.29, 1.82) is 0 Å². The highest BCUT2D eigenvalue weighted by atomic mass is 35.5. The number of aryl methyl sites for hydroxylation is 1. The molecular formula is C15H16ClNO3S. The van der Waals surface area contributed by atoms with Crippen LogP contribution in [0.2, 0.25) is 5.02 Å². The molecule has 0 spiro atoms. The van der Waals surface area contributed by atoms with Crippen LogP contribution in [0.15, 0.2) is 53.4 Å². The van der Waals surface area contributed by atoms with Gasteiger partial charge >= 0.3 is 0 Å². The number of hydrogen-bond donors (Lipinski definition) is 1. The SMILES string of the molecule is Cc1ccc(OCCNS(=O)(=O)c2cccc(Cl)c2)cc1. The van der Waals surface area contributed by atoms with Gasteiger partial charge in [-0.05, 0) is 37.3 Å². The first kappa shape index (κ1) is 15.8. The minimum absolute atomic E-state index is 0.144. The van der Waals surface area contributed by atoms with Gasteiger partial charge in [0.15, 0.2) is 0 Å². The van der Waals surface area contributed by atoms with E-state index in [1.165, 1.54) is 12.1 Å². The van der Waals surface area contributed by atoms with Gasteiger partial charge < -0.3 is 4.74 Å². The van der Waals surface area contributed by atoms with Crippen molar-refractivity contribution in [2.24, 2.45) is 0 Å². The topological polar surface area (TPSA) is 55.4 Å². The molecule has 0 aliphatic carbocycles. The molecule has 0 radical (unpaired) electrons. The van der Waals surface area contributed by atoms with E-state index in [1.54, 1.807) is 12.1 Å². The number of benzene rings is 2. The van der Waals surface area contributed by atoms with Crippen molar-refractivity contribution < 1.29 is 13.2 Å². The predicted molar refractivity (Wildman–Crippen MR) is 83.3 cm³/mol. The minimum Gasteiger partial charge on any atom is -0.492 e. The molecule has 2 aromatic rings. The highest BCUT2D eigenvalue weighted by Gasteiger charge is 2.13. The van der Waals surface area contributed by atoms with Gasteiger partial charge in [0.25, 0.3) is 0 Å². The van der Waals surface area contributed by atoms with Gasteiger partial charge in [0, 0.05) is 11.6 Å². The second-order valence-electron chi connectivity index (χ2n) is 4.52. The van der Waals surface area contributed by atoms with Crippen molar-refractivity contribution in [2.75, 3.05) is 13.2 Å². The summed E-state index contributed by atoms with van der Waals surface area (Å²) in [6.45, 7) is 2.43. The molecule has 0 aromatic heterocycles. The van der Waals surface area contributed by atoms with E-state index in [0.717, 1.165) is 5.56 Å². The molecule has 0 heterocycles. The van der Waals surface area contributed by atoms with E-state index in [1.807, 2.05) is 31.2 Å². The van der Waals surface area contributed by atoms with E-state index in [0.29, 0.717) is 10.8 Å². The Morgan fingerprint density at radius 1 is 1.14 bits per heavy atom. The van der Waals surface area contributed by atoms with Gasteiger partial charge in [-0.1, -0.05) is 35.4 Å². The van der Waals surface area contributed by atoms with Crippen LogP contribution in [0.1, 0.15) is 5.56 Å². The maximum absolute atomic E-state index is 12.0. The van der Waals surface area contributed by atoms with Gasteiger partial charge in [0.05, 0.1) is 4.90 Å². The van der Waals surface area contributed by atoms with Crippen LogP contribution in [0.25, 0.3) is 0 Å². The smallest absolute Gasteiger partial charge is 0.240 e. The maximum Gasteiger partial charge on any atom is 0.240 e. The van der Waals surface area contributed by atoms with Crippen LogP contribution in [-0.4, -0.2) is 21.6 Å². The second-order valence-corrected chi connectivity index (χ2v) is 6.72. The average Bonchev–Trinajstić information content (AvgIpc) is 2.45. The lowest BCUT2D eigenvalue weighted by Crippen LogP contribution is -2.28. The molecule has 0 fully saturated rings. The first-order valence-corrected chi connectivity index (χ1v) is 8.28. The van der Waals surface area contributed by atoms with Crippen LogP contribution >= 0.6 is 11.6 Å². The number of rotatable bonds is 6. The monoisotopic (exact) mass is 325 g/mol. The Labute approximate surface area is 129 Å². The molecule has 2 rings (SSSR count). The first-order chi connectivity index (χ1) is 9.97. The number of nitrogens with one attached hydrogen (secondary N) is 1. The molecule has 0 saturated heterocycles. The Morgan fingerprint density at radius 3 is 2.52 bits per heavy atom. The Morgan fingerprint density at radius 2 is 1.86 bits per heavy atom. The van der Waals surface area contributed by atoms with E-state index in [-0.39, 0.29) is 18.0 Å². The van der Waals surface area contributed by atoms with Gasteiger partial charge in [-0.2, -0.15) is 0 Å². The molecule has 0 aliphatic rings. The van der Waals surface area contributed by atoms with Gasteiger partial charge in [0.2, 0.25) is 10.0 Å². The summed E-state index contributed by atoms with van der Waals surface area (Å²) in [5.74, 6) is 0.711. The molecule has 4 nitrogen and oxygen atoms in total. The van der Waals surface area contributed by atoms with Crippen molar-refractivity contribution >= 4 is 21.6 Å². The van der Waals surface area contributed by atoms with Crippen molar-refractivity contribution in [1.82, 2.24) is 4.72 Å². The molecule has 0 atom stereocenters. The lowest BCUT2D eigenvalue weighted by atomic mass is 10.2. The van der Waals surface area contributed by atoms with Crippen LogP contribution in [0.5, 0.6) is 5.75 Å². The third-order valence-corrected chi connectivity index (χ3v) is 4.48. The standard InChI is InChI=1S/C15H16ClNO3S/c1-12-5-7-14(8-6-12)20-10-9-17-21(18,19)15-4-2-3-13(16)11-15/h2-8,11,17H,9-10H2,1H3. The zero-order chi connectivity index (χ0) is 15.3. The summed E-state index contributed by atoms with van der Waals surface area (Å²) in [6, 6.07) is 13.7. The number of sulfonamides is 1. The van der Waals surface area contributed by atoms with Crippen molar-refractivity contribution in [3.05, 3.63) is 59.1 Å². The first-order valence-electron chi connectivity index (χ1n) is 6.42. The maximum atomic E-state index is 12.0. The van der Waals surface area contributed by atoms with Gasteiger partial charge in [-0.25, -0.2) is 13.1 Å². The molecule has 6 heteroatoms. The zero-order valence-electron chi connectivity index (χ0n) is 11.5. The number of halogens is 1. The van der Waals surface area contributed by atoms with Crippen LogP contribution in [0, 0.1) is 6.92 Å². The third-order valence-electron chi connectivity index (χ3n) is 2.79. The van der Waals surface area contributed by atoms with Crippen molar-refractivity contribution in [3.63, 3.8) is 0 Å². The van der Waals surface area contributed by atoms with Crippen LogP contribution in [0.3, 0.4) is 0 Å². The Kier molecular flexibility index (Phi) is 5.22. The second kappa shape index (κ2) is 6.93. The molecule has 0 bridgehead atoms. The summed E-state index contributed by atoms with van der Waals surface area (Å²) in [5, 5.41) is 0.383. The highest BCUT2D eigenvalue weighted by molar-refractivity contribution is 7.89. The van der Waals surface area contributed by atoms with E-state index in [4.69, 9.17) is 16.3 Å². The fraction of sp³-hybridized carbons (Fsp3) is 0.200. The zero-order valence-corrected chi connectivity index (χ0v) is 13.1. The number of ether oxygens (including phenoxy) is 1. The summed E-state index contributed by atoms with van der Waals surface area (Å²) in [5.41, 5.74) is 1.14. The molecule has 0 unspecified atom stereocenters. The molecular weight excluding hydrogens is 310 g/mol. The normalized spacial score (nSPS) is 11.3. The fourth-order valence-electron chi connectivity index (χ4n) is 1.70. The Bertz CT molecular complexity index is 699. The fourth-order valence-corrected chi connectivity index (χ4v) is 3.01. The molecule has 0 saturated carbocycles. The Balaban J connectivity index is 1.86. The Hall–Kier alpha value is -1.56. The largest absolute Gasteiger partial charge is 0.492 e. The highest BCUT2D eigenvalue weighted by Crippen LogP contribution is 2.15. The quantitative estimate of drug-likeness (QED) is 0.831. The summed E-state index contributed by atoms with van der Waals surface area (Å²) in [7, 11) is -3.56. The molecule has 1 N–H and O–H groups in total. The lowest BCUT2D eigenvalue weighted by Gasteiger charge is -2.09.